The second-order valence-corrected chi connectivity index (χ2v) is 5.34. The molecular weight excluding hydrogens is 274 g/mol. The molecule has 0 spiro atoms. The van der Waals surface area contributed by atoms with Crippen molar-refractivity contribution in [3.63, 3.8) is 0 Å². The molecule has 1 aromatic carbocycles. The van der Waals surface area contributed by atoms with Crippen molar-refractivity contribution >= 4 is 40.9 Å². The van der Waals surface area contributed by atoms with E-state index in [2.05, 4.69) is 0 Å². The van der Waals surface area contributed by atoms with Crippen molar-refractivity contribution in [2.24, 2.45) is 0 Å². The highest BCUT2D eigenvalue weighted by Gasteiger charge is 2.37. The lowest BCUT2D eigenvalue weighted by molar-refractivity contribution is -0.144. The molecule has 1 aromatic rings. The molecule has 0 fully saturated rings. The average molecular weight is 286 g/mol. The molecule has 96 valence electrons. The summed E-state index contributed by atoms with van der Waals surface area (Å²) in [4.78, 5) is 26.1. The van der Waals surface area contributed by atoms with Gasteiger partial charge in [0.05, 0.1) is 12.3 Å². The van der Waals surface area contributed by atoms with E-state index in [0.29, 0.717) is 5.02 Å². The van der Waals surface area contributed by atoms with Crippen molar-refractivity contribution in [3.05, 3.63) is 23.2 Å². The third-order valence-electron chi connectivity index (χ3n) is 2.58. The molecule has 6 heteroatoms. The molecule has 1 heterocycles. The SMILES string of the molecule is CCOC(=O)C1Sc2cc(Cl)ccc2N(C)C1=O. The summed E-state index contributed by atoms with van der Waals surface area (Å²) in [5.41, 5.74) is 0.759. The number of carbonyl (C=O) groups excluding carboxylic acids is 2. The summed E-state index contributed by atoms with van der Waals surface area (Å²) in [6.07, 6.45) is 0. The van der Waals surface area contributed by atoms with Gasteiger partial charge in [0.1, 0.15) is 0 Å². The molecule has 18 heavy (non-hydrogen) atoms. The van der Waals surface area contributed by atoms with Crippen LogP contribution in [0.15, 0.2) is 23.1 Å². The second-order valence-electron chi connectivity index (χ2n) is 3.76. The number of benzene rings is 1. The van der Waals surface area contributed by atoms with Crippen molar-refractivity contribution in [1.82, 2.24) is 0 Å². The van der Waals surface area contributed by atoms with Gasteiger partial charge in [0.15, 0.2) is 5.25 Å². The Labute approximate surface area is 114 Å². The minimum atomic E-state index is -0.846. The third-order valence-corrected chi connectivity index (χ3v) is 4.03. The lowest BCUT2D eigenvalue weighted by Crippen LogP contribution is -2.42. The molecule has 1 aliphatic heterocycles. The average Bonchev–Trinajstić information content (AvgIpc) is 2.33. The van der Waals surface area contributed by atoms with Crippen LogP contribution in [-0.4, -0.2) is 30.8 Å². The molecule has 1 atom stereocenters. The van der Waals surface area contributed by atoms with Crippen LogP contribution in [0.1, 0.15) is 6.92 Å². The predicted octanol–water partition coefficient (Wildman–Crippen LogP) is 2.34. The summed E-state index contributed by atoms with van der Waals surface area (Å²) in [5, 5.41) is -0.271. The Morgan fingerprint density at radius 1 is 1.56 bits per heavy atom. The predicted molar refractivity (Wildman–Crippen MR) is 71.1 cm³/mol. The van der Waals surface area contributed by atoms with Crippen molar-refractivity contribution in [2.75, 3.05) is 18.6 Å². The molecule has 0 N–H and O–H groups in total. The van der Waals surface area contributed by atoms with E-state index < -0.39 is 11.2 Å². The Morgan fingerprint density at radius 3 is 2.94 bits per heavy atom. The van der Waals surface area contributed by atoms with E-state index in [1.807, 2.05) is 0 Å². The Bertz CT molecular complexity index is 506. The number of thioether (sulfide) groups is 1. The van der Waals surface area contributed by atoms with Gasteiger partial charge in [-0.3, -0.25) is 9.59 Å². The smallest absolute Gasteiger partial charge is 0.329 e. The maximum absolute atomic E-state index is 12.1. The van der Waals surface area contributed by atoms with Crippen LogP contribution >= 0.6 is 23.4 Å². The molecule has 0 radical (unpaired) electrons. The van der Waals surface area contributed by atoms with Gasteiger partial charge in [-0.2, -0.15) is 0 Å². The molecule has 0 saturated heterocycles. The first-order chi connectivity index (χ1) is 8.54. The molecule has 1 amide bonds. The monoisotopic (exact) mass is 285 g/mol. The number of fused-ring (bicyclic) bond motifs is 1. The number of hydrogen-bond acceptors (Lipinski definition) is 4. The third kappa shape index (κ3) is 2.33. The highest BCUT2D eigenvalue weighted by atomic mass is 35.5. The van der Waals surface area contributed by atoms with Gasteiger partial charge in [0.2, 0.25) is 0 Å². The Morgan fingerprint density at radius 2 is 2.28 bits per heavy atom. The molecule has 2 rings (SSSR count). The first-order valence-electron chi connectivity index (χ1n) is 5.45. The summed E-state index contributed by atoms with van der Waals surface area (Å²) in [6.45, 7) is 1.97. The van der Waals surface area contributed by atoms with Crippen LogP contribution in [0.3, 0.4) is 0 Å². The van der Waals surface area contributed by atoms with Crippen LogP contribution in [0.4, 0.5) is 5.69 Å². The normalized spacial score (nSPS) is 18.5. The molecule has 1 aliphatic rings. The molecular formula is C12H12ClNO3S. The quantitative estimate of drug-likeness (QED) is 0.618. The van der Waals surface area contributed by atoms with E-state index in [4.69, 9.17) is 16.3 Å². The first kappa shape index (κ1) is 13.2. The number of anilines is 1. The highest BCUT2D eigenvalue weighted by molar-refractivity contribution is 8.01. The standard InChI is InChI=1S/C12H12ClNO3S/c1-3-17-12(16)10-11(15)14(2)8-5-4-7(13)6-9(8)18-10/h4-6,10H,3H2,1-2H3. The molecule has 1 unspecified atom stereocenters. The Balaban J connectivity index is 2.35. The van der Waals surface area contributed by atoms with Crippen LogP contribution in [0.25, 0.3) is 0 Å². The molecule has 0 aliphatic carbocycles. The zero-order chi connectivity index (χ0) is 13.3. The molecule has 0 bridgehead atoms. The lowest BCUT2D eigenvalue weighted by Gasteiger charge is -2.29. The number of hydrogen-bond donors (Lipinski definition) is 0. The van der Waals surface area contributed by atoms with Crippen molar-refractivity contribution < 1.29 is 14.3 Å². The zero-order valence-electron chi connectivity index (χ0n) is 9.97. The van der Waals surface area contributed by atoms with Crippen LogP contribution in [0.5, 0.6) is 0 Å². The Kier molecular flexibility index (Phi) is 3.82. The fourth-order valence-corrected chi connectivity index (χ4v) is 3.13. The van der Waals surface area contributed by atoms with Gasteiger partial charge in [0, 0.05) is 17.0 Å². The second kappa shape index (κ2) is 5.20. The molecule has 0 saturated carbocycles. The summed E-state index contributed by atoms with van der Waals surface area (Å²) >= 11 is 7.10. The van der Waals surface area contributed by atoms with Crippen LogP contribution in [0, 0.1) is 0 Å². The maximum atomic E-state index is 12.1. The number of rotatable bonds is 2. The first-order valence-corrected chi connectivity index (χ1v) is 6.70. The van der Waals surface area contributed by atoms with Gasteiger partial charge in [-0.25, -0.2) is 0 Å². The van der Waals surface area contributed by atoms with Gasteiger partial charge in [0.25, 0.3) is 5.91 Å². The lowest BCUT2D eigenvalue weighted by atomic mass is 10.2. The highest BCUT2D eigenvalue weighted by Crippen LogP contribution is 2.40. The van der Waals surface area contributed by atoms with E-state index in [1.54, 1.807) is 32.2 Å². The summed E-state index contributed by atoms with van der Waals surface area (Å²) in [7, 11) is 1.64. The number of carbonyl (C=O) groups is 2. The number of amides is 1. The maximum Gasteiger partial charge on any atom is 0.329 e. The zero-order valence-corrected chi connectivity index (χ0v) is 11.5. The van der Waals surface area contributed by atoms with Crippen molar-refractivity contribution in [2.45, 2.75) is 17.1 Å². The van der Waals surface area contributed by atoms with Crippen molar-refractivity contribution in [3.8, 4) is 0 Å². The topological polar surface area (TPSA) is 46.6 Å². The Hall–Kier alpha value is -1.20. The number of halogens is 1. The van der Waals surface area contributed by atoms with E-state index in [0.717, 1.165) is 10.6 Å². The number of ether oxygens (including phenoxy) is 1. The van der Waals surface area contributed by atoms with Gasteiger partial charge in [-0.15, -0.1) is 0 Å². The van der Waals surface area contributed by atoms with E-state index >= 15 is 0 Å². The van der Waals surface area contributed by atoms with E-state index in [9.17, 15) is 9.59 Å². The van der Waals surface area contributed by atoms with Crippen LogP contribution in [0.2, 0.25) is 5.02 Å². The number of esters is 1. The van der Waals surface area contributed by atoms with Gasteiger partial charge < -0.3 is 9.64 Å². The van der Waals surface area contributed by atoms with E-state index in [-0.39, 0.29) is 12.5 Å². The minimum absolute atomic E-state index is 0.259. The number of nitrogens with zero attached hydrogens (tertiary/aromatic N) is 1. The van der Waals surface area contributed by atoms with Gasteiger partial charge in [-0.05, 0) is 25.1 Å². The largest absolute Gasteiger partial charge is 0.465 e. The van der Waals surface area contributed by atoms with E-state index in [1.165, 1.54) is 16.7 Å². The summed E-state index contributed by atoms with van der Waals surface area (Å²) in [6, 6.07) is 5.23. The minimum Gasteiger partial charge on any atom is -0.465 e. The summed E-state index contributed by atoms with van der Waals surface area (Å²) < 4.78 is 4.91. The van der Waals surface area contributed by atoms with Gasteiger partial charge >= 0.3 is 5.97 Å². The van der Waals surface area contributed by atoms with Crippen LogP contribution in [-0.2, 0) is 14.3 Å². The van der Waals surface area contributed by atoms with Gasteiger partial charge in [-0.1, -0.05) is 23.4 Å². The molecule has 0 aromatic heterocycles. The molecule has 4 nitrogen and oxygen atoms in total. The summed E-state index contributed by atoms with van der Waals surface area (Å²) in [5.74, 6) is -0.779. The fourth-order valence-electron chi connectivity index (χ4n) is 1.70. The van der Waals surface area contributed by atoms with Crippen molar-refractivity contribution in [1.29, 1.82) is 0 Å². The van der Waals surface area contributed by atoms with Crippen LogP contribution < -0.4 is 4.90 Å². The fraction of sp³-hybridized carbons (Fsp3) is 0.333.